The lowest BCUT2D eigenvalue weighted by molar-refractivity contribution is -0.129. The highest BCUT2D eigenvalue weighted by atomic mass is 32.2. The van der Waals surface area contributed by atoms with E-state index in [1.807, 2.05) is 4.90 Å². The van der Waals surface area contributed by atoms with Gasteiger partial charge < -0.3 is 10.2 Å². The van der Waals surface area contributed by atoms with Crippen LogP contribution < -0.4 is 5.32 Å². The van der Waals surface area contributed by atoms with Crippen LogP contribution in [0.5, 0.6) is 0 Å². The number of nitrogens with one attached hydrogen (secondary N) is 1. The Morgan fingerprint density at radius 2 is 1.67 bits per heavy atom. The molecule has 0 bridgehead atoms. The molecule has 2 amide bonds. The molecular formula is C22H31N3O4S. The number of amides is 2. The molecule has 30 heavy (non-hydrogen) atoms. The van der Waals surface area contributed by atoms with E-state index < -0.39 is 10.0 Å². The number of carbonyl (C=O) groups is 2. The maximum Gasteiger partial charge on any atom is 0.243 e. The van der Waals surface area contributed by atoms with E-state index in [1.54, 1.807) is 28.6 Å². The van der Waals surface area contributed by atoms with E-state index in [1.165, 1.54) is 0 Å². The number of piperidine rings is 1. The number of hydrogen-bond donors (Lipinski definition) is 1. The molecule has 1 aliphatic carbocycles. The Balaban J connectivity index is 1.36. The molecule has 8 heteroatoms. The minimum atomic E-state index is -3.50. The molecule has 4 rings (SSSR count). The predicted octanol–water partition coefficient (Wildman–Crippen LogP) is 2.84. The normalized spacial score (nSPS) is 24.5. The molecule has 7 nitrogen and oxygen atoms in total. The molecule has 1 aromatic rings. The molecule has 0 aromatic heterocycles. The highest BCUT2D eigenvalue weighted by Gasteiger charge is 2.38. The molecule has 3 aliphatic rings. The molecule has 3 fully saturated rings. The molecule has 1 atom stereocenters. The van der Waals surface area contributed by atoms with Crippen LogP contribution in [-0.2, 0) is 19.6 Å². The average molecular weight is 434 g/mol. The van der Waals surface area contributed by atoms with Gasteiger partial charge in [0.15, 0.2) is 0 Å². The number of carbonyl (C=O) groups excluding carboxylic acids is 2. The van der Waals surface area contributed by atoms with Gasteiger partial charge in [-0.2, -0.15) is 4.31 Å². The summed E-state index contributed by atoms with van der Waals surface area (Å²) < 4.78 is 27.2. The molecule has 2 aliphatic heterocycles. The molecule has 2 heterocycles. The SMILES string of the molecule is CC1CCN(S(=O)(=O)c2ccc(NC(=O)[C@@H]3CC(=O)N(C4CCCC4)C3)cc2)CC1. The lowest BCUT2D eigenvalue weighted by atomic mass is 10.0. The highest BCUT2D eigenvalue weighted by molar-refractivity contribution is 7.89. The Labute approximate surface area is 178 Å². The largest absolute Gasteiger partial charge is 0.339 e. The van der Waals surface area contributed by atoms with Gasteiger partial charge in [0.25, 0.3) is 0 Å². The van der Waals surface area contributed by atoms with Gasteiger partial charge in [-0.3, -0.25) is 9.59 Å². The van der Waals surface area contributed by atoms with E-state index >= 15 is 0 Å². The van der Waals surface area contributed by atoms with Crippen molar-refractivity contribution in [2.75, 3.05) is 25.0 Å². The topological polar surface area (TPSA) is 86.8 Å². The van der Waals surface area contributed by atoms with Crippen LogP contribution in [0.4, 0.5) is 5.69 Å². The first-order valence-corrected chi connectivity index (χ1v) is 12.5. The molecule has 2 saturated heterocycles. The van der Waals surface area contributed by atoms with Crippen molar-refractivity contribution < 1.29 is 18.0 Å². The smallest absolute Gasteiger partial charge is 0.243 e. The minimum absolute atomic E-state index is 0.0688. The van der Waals surface area contributed by atoms with Crippen LogP contribution in [0.25, 0.3) is 0 Å². The average Bonchev–Trinajstić information content (AvgIpc) is 3.38. The fraction of sp³-hybridized carbons (Fsp3) is 0.636. The third kappa shape index (κ3) is 4.39. The zero-order valence-electron chi connectivity index (χ0n) is 17.5. The van der Waals surface area contributed by atoms with E-state index in [-0.39, 0.29) is 35.1 Å². The fourth-order valence-electron chi connectivity index (χ4n) is 4.80. The van der Waals surface area contributed by atoms with E-state index in [4.69, 9.17) is 0 Å². The quantitative estimate of drug-likeness (QED) is 0.774. The van der Waals surface area contributed by atoms with Crippen molar-refractivity contribution in [2.45, 2.75) is 62.8 Å². The van der Waals surface area contributed by atoms with Gasteiger partial charge in [-0.25, -0.2) is 8.42 Å². The minimum Gasteiger partial charge on any atom is -0.339 e. The molecule has 1 saturated carbocycles. The van der Waals surface area contributed by atoms with Crippen molar-refractivity contribution >= 4 is 27.5 Å². The van der Waals surface area contributed by atoms with E-state index in [0.717, 1.165) is 38.5 Å². The first kappa shape index (κ1) is 21.3. The number of anilines is 1. The molecular weight excluding hydrogens is 402 g/mol. The summed E-state index contributed by atoms with van der Waals surface area (Å²) in [6.45, 7) is 3.73. The number of nitrogens with zero attached hydrogens (tertiary/aromatic N) is 2. The van der Waals surface area contributed by atoms with Gasteiger partial charge in [-0.1, -0.05) is 19.8 Å². The van der Waals surface area contributed by atoms with Gasteiger partial charge in [0.1, 0.15) is 0 Å². The van der Waals surface area contributed by atoms with Crippen molar-refractivity contribution in [1.82, 2.24) is 9.21 Å². The van der Waals surface area contributed by atoms with Crippen molar-refractivity contribution in [3.8, 4) is 0 Å². The molecule has 0 unspecified atom stereocenters. The van der Waals surface area contributed by atoms with Gasteiger partial charge in [0.2, 0.25) is 21.8 Å². The number of benzene rings is 1. The monoisotopic (exact) mass is 433 g/mol. The second kappa shape index (κ2) is 8.67. The summed E-state index contributed by atoms with van der Waals surface area (Å²) >= 11 is 0. The van der Waals surface area contributed by atoms with Crippen molar-refractivity contribution in [1.29, 1.82) is 0 Å². The summed E-state index contributed by atoms with van der Waals surface area (Å²) in [7, 11) is -3.50. The first-order valence-electron chi connectivity index (χ1n) is 11.0. The van der Waals surface area contributed by atoms with Crippen molar-refractivity contribution in [2.24, 2.45) is 11.8 Å². The van der Waals surface area contributed by atoms with Crippen LogP contribution in [0.2, 0.25) is 0 Å². The standard InChI is InChI=1S/C22H31N3O4S/c1-16-10-12-24(13-11-16)30(28,29)20-8-6-18(7-9-20)23-22(27)17-14-21(26)25(15-17)19-4-2-3-5-19/h6-9,16-17,19H,2-5,10-15H2,1H3,(H,23,27)/t17-/m1/s1. The molecule has 0 spiro atoms. The summed E-state index contributed by atoms with van der Waals surface area (Å²) in [5.74, 6) is 0.0989. The Bertz CT molecular complexity index is 885. The summed E-state index contributed by atoms with van der Waals surface area (Å²) in [5, 5.41) is 2.85. The van der Waals surface area contributed by atoms with Crippen LogP contribution in [-0.4, -0.2) is 55.1 Å². The maximum atomic E-state index is 12.8. The summed E-state index contributed by atoms with van der Waals surface area (Å²) in [4.78, 5) is 27.1. The maximum absolute atomic E-state index is 12.8. The van der Waals surface area contributed by atoms with Gasteiger partial charge in [-0.15, -0.1) is 0 Å². The van der Waals surface area contributed by atoms with Crippen LogP contribution in [0.15, 0.2) is 29.2 Å². The van der Waals surface area contributed by atoms with Gasteiger partial charge in [0.05, 0.1) is 10.8 Å². The number of sulfonamides is 1. The lowest BCUT2D eigenvalue weighted by Gasteiger charge is -2.29. The Morgan fingerprint density at radius 3 is 2.30 bits per heavy atom. The Kier molecular flexibility index (Phi) is 6.16. The third-order valence-electron chi connectivity index (χ3n) is 6.80. The Morgan fingerprint density at radius 1 is 1.03 bits per heavy atom. The molecule has 0 radical (unpaired) electrons. The van der Waals surface area contributed by atoms with Gasteiger partial charge in [-0.05, 0) is 55.9 Å². The van der Waals surface area contributed by atoms with Gasteiger partial charge in [0, 0.05) is 37.8 Å². The van der Waals surface area contributed by atoms with Gasteiger partial charge >= 0.3 is 0 Å². The van der Waals surface area contributed by atoms with E-state index in [2.05, 4.69) is 12.2 Å². The summed E-state index contributed by atoms with van der Waals surface area (Å²) in [6.07, 6.45) is 6.38. The highest BCUT2D eigenvalue weighted by Crippen LogP contribution is 2.30. The molecule has 1 aromatic carbocycles. The van der Waals surface area contributed by atoms with E-state index in [9.17, 15) is 18.0 Å². The van der Waals surface area contributed by atoms with Crippen LogP contribution in [0.3, 0.4) is 0 Å². The van der Waals surface area contributed by atoms with E-state index in [0.29, 0.717) is 31.2 Å². The fourth-order valence-corrected chi connectivity index (χ4v) is 6.27. The zero-order chi connectivity index (χ0) is 21.3. The van der Waals surface area contributed by atoms with Crippen LogP contribution >= 0.6 is 0 Å². The molecule has 1 N–H and O–H groups in total. The van der Waals surface area contributed by atoms with Crippen LogP contribution in [0.1, 0.15) is 51.9 Å². The third-order valence-corrected chi connectivity index (χ3v) is 8.71. The summed E-state index contributed by atoms with van der Waals surface area (Å²) in [5.41, 5.74) is 0.554. The first-order chi connectivity index (χ1) is 14.3. The molecule has 164 valence electrons. The van der Waals surface area contributed by atoms with Crippen LogP contribution in [0, 0.1) is 11.8 Å². The van der Waals surface area contributed by atoms with Crippen molar-refractivity contribution in [3.63, 3.8) is 0 Å². The number of likely N-dealkylation sites (tertiary alicyclic amines) is 1. The van der Waals surface area contributed by atoms with Crippen molar-refractivity contribution in [3.05, 3.63) is 24.3 Å². The zero-order valence-corrected chi connectivity index (χ0v) is 18.4. The second-order valence-corrected chi connectivity index (χ2v) is 10.9. The predicted molar refractivity (Wildman–Crippen MR) is 114 cm³/mol. The summed E-state index contributed by atoms with van der Waals surface area (Å²) in [6, 6.07) is 6.64. The second-order valence-electron chi connectivity index (χ2n) is 8.99. The Hall–Kier alpha value is -1.93. The number of hydrogen-bond acceptors (Lipinski definition) is 4. The number of rotatable bonds is 5. The lowest BCUT2D eigenvalue weighted by Crippen LogP contribution is -2.37.